The fourth-order valence-electron chi connectivity index (χ4n) is 3.36. The number of hydrogen-bond acceptors (Lipinski definition) is 3. The van der Waals surface area contributed by atoms with Crippen molar-refractivity contribution in [2.24, 2.45) is 4.99 Å². The van der Waals surface area contributed by atoms with Crippen LogP contribution in [0.15, 0.2) is 23.5 Å². The Morgan fingerprint density at radius 3 is 2.74 bits per heavy atom. The molecular formula is C16H28N6O. The van der Waals surface area contributed by atoms with Crippen LogP contribution in [0.2, 0.25) is 0 Å². The first-order valence-electron chi connectivity index (χ1n) is 8.10. The minimum absolute atomic E-state index is 0.145. The molecule has 7 nitrogen and oxygen atoms in total. The summed E-state index contributed by atoms with van der Waals surface area (Å²) in [5.74, 6) is 0.910. The fourth-order valence-corrected chi connectivity index (χ4v) is 3.36. The molecule has 0 atom stereocenters. The van der Waals surface area contributed by atoms with Crippen LogP contribution in [0.25, 0.3) is 0 Å². The first kappa shape index (κ1) is 17.3. The monoisotopic (exact) mass is 320 g/mol. The third kappa shape index (κ3) is 4.03. The average molecular weight is 320 g/mol. The highest BCUT2D eigenvalue weighted by Crippen LogP contribution is 2.24. The van der Waals surface area contributed by atoms with Crippen LogP contribution < -0.4 is 5.32 Å². The fraction of sp³-hybridized carbons (Fsp3) is 0.688. The summed E-state index contributed by atoms with van der Waals surface area (Å²) in [7, 11) is 1.75. The lowest BCUT2D eigenvalue weighted by molar-refractivity contribution is -0.145. The van der Waals surface area contributed by atoms with Crippen LogP contribution in [0.1, 0.15) is 27.7 Å². The molecule has 2 heterocycles. The van der Waals surface area contributed by atoms with E-state index in [4.69, 9.17) is 0 Å². The SMILES string of the molecule is CN=C(NCCn1cccn1)N1CC(=O)N(C(C)C)C(C)(C)C1. The molecule has 0 spiro atoms. The van der Waals surface area contributed by atoms with Crippen LogP contribution in [-0.2, 0) is 11.3 Å². The number of nitrogens with zero attached hydrogens (tertiary/aromatic N) is 5. The van der Waals surface area contributed by atoms with Gasteiger partial charge in [-0.1, -0.05) is 0 Å². The van der Waals surface area contributed by atoms with Crippen LogP contribution in [0.4, 0.5) is 0 Å². The largest absolute Gasteiger partial charge is 0.354 e. The normalized spacial score (nSPS) is 18.7. The molecule has 0 saturated carbocycles. The Balaban J connectivity index is 1.98. The predicted molar refractivity (Wildman–Crippen MR) is 91.2 cm³/mol. The minimum atomic E-state index is -0.219. The van der Waals surface area contributed by atoms with Gasteiger partial charge < -0.3 is 15.1 Å². The summed E-state index contributed by atoms with van der Waals surface area (Å²) in [6.45, 7) is 10.9. The molecule has 0 aromatic carbocycles. The number of aliphatic imine (C=N–C) groups is 1. The van der Waals surface area contributed by atoms with E-state index in [1.807, 2.05) is 26.7 Å². The van der Waals surface area contributed by atoms with Crippen molar-refractivity contribution in [3.05, 3.63) is 18.5 Å². The van der Waals surface area contributed by atoms with Gasteiger partial charge >= 0.3 is 0 Å². The van der Waals surface area contributed by atoms with E-state index in [0.29, 0.717) is 13.1 Å². The number of carbonyl (C=O) groups excluding carboxylic acids is 1. The van der Waals surface area contributed by atoms with Crippen LogP contribution in [0.3, 0.4) is 0 Å². The number of rotatable bonds is 4. The van der Waals surface area contributed by atoms with Gasteiger partial charge in [-0.3, -0.25) is 14.5 Å². The number of carbonyl (C=O) groups is 1. The van der Waals surface area contributed by atoms with Crippen LogP contribution in [-0.4, -0.2) is 69.7 Å². The molecule has 128 valence electrons. The maximum absolute atomic E-state index is 12.5. The Morgan fingerprint density at radius 2 is 2.22 bits per heavy atom. The van der Waals surface area contributed by atoms with Crippen molar-refractivity contribution in [2.45, 2.75) is 45.8 Å². The van der Waals surface area contributed by atoms with Crippen molar-refractivity contribution in [1.82, 2.24) is 24.9 Å². The zero-order valence-corrected chi connectivity index (χ0v) is 14.8. The highest BCUT2D eigenvalue weighted by molar-refractivity contribution is 5.88. The number of guanidine groups is 1. The lowest BCUT2D eigenvalue weighted by Gasteiger charge is -2.49. The van der Waals surface area contributed by atoms with Crippen molar-refractivity contribution >= 4 is 11.9 Å². The van der Waals surface area contributed by atoms with E-state index in [1.165, 1.54) is 0 Å². The van der Waals surface area contributed by atoms with Gasteiger partial charge in [0, 0.05) is 38.6 Å². The third-order valence-electron chi connectivity index (χ3n) is 4.04. The van der Waals surface area contributed by atoms with Crippen molar-refractivity contribution in [3.8, 4) is 0 Å². The van der Waals surface area contributed by atoms with E-state index in [2.05, 4.69) is 43.1 Å². The lowest BCUT2D eigenvalue weighted by Crippen LogP contribution is -2.66. The van der Waals surface area contributed by atoms with Gasteiger partial charge in [-0.15, -0.1) is 0 Å². The Morgan fingerprint density at radius 1 is 1.48 bits per heavy atom. The van der Waals surface area contributed by atoms with Crippen LogP contribution >= 0.6 is 0 Å². The number of amides is 1. The van der Waals surface area contributed by atoms with Crippen LogP contribution in [0.5, 0.6) is 0 Å². The summed E-state index contributed by atoms with van der Waals surface area (Å²) >= 11 is 0. The van der Waals surface area contributed by atoms with E-state index >= 15 is 0 Å². The zero-order valence-electron chi connectivity index (χ0n) is 14.8. The van der Waals surface area contributed by atoms with E-state index in [-0.39, 0.29) is 17.5 Å². The predicted octanol–water partition coefficient (Wildman–Crippen LogP) is 0.790. The van der Waals surface area contributed by atoms with E-state index in [0.717, 1.165) is 19.0 Å². The van der Waals surface area contributed by atoms with Gasteiger partial charge in [-0.05, 0) is 33.8 Å². The Bertz CT molecular complexity index is 549. The quantitative estimate of drug-likeness (QED) is 0.658. The molecule has 1 saturated heterocycles. The summed E-state index contributed by atoms with van der Waals surface area (Å²) in [5.41, 5.74) is -0.219. The summed E-state index contributed by atoms with van der Waals surface area (Å²) < 4.78 is 1.87. The lowest BCUT2D eigenvalue weighted by atomic mass is 9.96. The maximum Gasteiger partial charge on any atom is 0.242 e. The molecule has 2 rings (SSSR count). The van der Waals surface area contributed by atoms with E-state index < -0.39 is 0 Å². The number of nitrogens with one attached hydrogen (secondary N) is 1. The highest BCUT2D eigenvalue weighted by Gasteiger charge is 2.40. The molecule has 0 bridgehead atoms. The second-order valence-electron chi connectivity index (χ2n) is 6.77. The maximum atomic E-state index is 12.5. The summed E-state index contributed by atoms with van der Waals surface area (Å²) in [5, 5.41) is 7.50. The Kier molecular flexibility index (Phi) is 5.28. The molecule has 1 amide bonds. The van der Waals surface area contributed by atoms with Gasteiger partial charge in [0.15, 0.2) is 5.96 Å². The number of aromatic nitrogens is 2. The average Bonchev–Trinajstić information content (AvgIpc) is 2.94. The molecule has 23 heavy (non-hydrogen) atoms. The second kappa shape index (κ2) is 7.02. The summed E-state index contributed by atoms with van der Waals surface area (Å²) in [4.78, 5) is 20.9. The van der Waals surface area contributed by atoms with Gasteiger partial charge in [0.1, 0.15) is 0 Å². The molecule has 1 aromatic rings. The van der Waals surface area contributed by atoms with Gasteiger partial charge in [-0.2, -0.15) is 5.10 Å². The molecule has 1 aliphatic rings. The van der Waals surface area contributed by atoms with Gasteiger partial charge in [0.2, 0.25) is 5.91 Å². The molecule has 7 heteroatoms. The topological polar surface area (TPSA) is 65.8 Å². The first-order valence-corrected chi connectivity index (χ1v) is 8.10. The second-order valence-corrected chi connectivity index (χ2v) is 6.77. The Labute approximate surface area is 138 Å². The molecular weight excluding hydrogens is 292 g/mol. The van der Waals surface area contributed by atoms with Gasteiger partial charge in [0.05, 0.1) is 18.6 Å². The van der Waals surface area contributed by atoms with Crippen molar-refractivity contribution in [3.63, 3.8) is 0 Å². The number of piperazine rings is 1. The first-order chi connectivity index (χ1) is 10.8. The molecule has 1 aliphatic heterocycles. The minimum Gasteiger partial charge on any atom is -0.354 e. The Hall–Kier alpha value is -2.05. The molecule has 0 radical (unpaired) electrons. The van der Waals surface area contributed by atoms with Crippen molar-refractivity contribution in [2.75, 3.05) is 26.7 Å². The molecule has 1 fully saturated rings. The summed E-state index contributed by atoms with van der Waals surface area (Å²) in [6, 6.07) is 2.11. The summed E-state index contributed by atoms with van der Waals surface area (Å²) in [6.07, 6.45) is 3.69. The van der Waals surface area contributed by atoms with Gasteiger partial charge in [-0.25, -0.2) is 0 Å². The number of hydrogen-bond donors (Lipinski definition) is 1. The van der Waals surface area contributed by atoms with Crippen LogP contribution in [0, 0.1) is 0 Å². The highest BCUT2D eigenvalue weighted by atomic mass is 16.2. The third-order valence-corrected chi connectivity index (χ3v) is 4.04. The molecule has 0 unspecified atom stereocenters. The molecule has 1 N–H and O–H groups in total. The smallest absolute Gasteiger partial charge is 0.242 e. The molecule has 0 aliphatic carbocycles. The van der Waals surface area contributed by atoms with Crippen molar-refractivity contribution in [1.29, 1.82) is 0 Å². The standard InChI is InChI=1S/C16H28N6O/c1-13(2)22-14(23)11-20(12-16(22,3)4)15(17-5)18-8-10-21-9-6-7-19-21/h6-7,9,13H,8,10-12H2,1-5H3,(H,17,18). The molecule has 1 aromatic heterocycles. The van der Waals surface area contributed by atoms with E-state index in [9.17, 15) is 4.79 Å². The zero-order chi connectivity index (χ0) is 17.0. The van der Waals surface area contributed by atoms with Crippen molar-refractivity contribution < 1.29 is 4.79 Å². The van der Waals surface area contributed by atoms with E-state index in [1.54, 1.807) is 13.2 Å². The van der Waals surface area contributed by atoms with Gasteiger partial charge in [0.25, 0.3) is 0 Å².